The molecule has 0 aromatic heterocycles. The Bertz CT molecular complexity index is 824. The lowest BCUT2D eigenvalue weighted by molar-refractivity contribution is -0.118. The number of anilines is 1. The minimum absolute atomic E-state index is 0.242. The summed E-state index contributed by atoms with van der Waals surface area (Å²) in [4.78, 5) is 23.7. The Balaban J connectivity index is 2.06. The Morgan fingerprint density at radius 2 is 1.72 bits per heavy atom. The van der Waals surface area contributed by atoms with Gasteiger partial charge >= 0.3 is 5.97 Å². The van der Waals surface area contributed by atoms with Crippen LogP contribution in [0.4, 0.5) is 5.69 Å². The van der Waals surface area contributed by atoms with Gasteiger partial charge in [0.25, 0.3) is 5.91 Å². The van der Waals surface area contributed by atoms with Gasteiger partial charge in [-0.1, -0.05) is 40.9 Å². The number of benzene rings is 2. The molecule has 1 N–H and O–H groups in total. The summed E-state index contributed by atoms with van der Waals surface area (Å²) in [6.45, 7) is 1.51. The molecule has 0 aliphatic carbocycles. The molecule has 0 fully saturated rings. The van der Waals surface area contributed by atoms with Crippen LogP contribution in [0.25, 0.3) is 0 Å². The molecule has 0 atom stereocenters. The zero-order valence-corrected chi connectivity index (χ0v) is 15.6. The quantitative estimate of drug-likeness (QED) is 0.578. The second kappa shape index (κ2) is 8.43. The van der Waals surface area contributed by atoms with Crippen molar-refractivity contribution in [3.05, 3.63) is 56.5 Å². The monoisotopic (exact) mass is 401 g/mol. The van der Waals surface area contributed by atoms with Gasteiger partial charge in [0, 0.05) is 11.8 Å². The van der Waals surface area contributed by atoms with Crippen LogP contribution in [0.3, 0.4) is 0 Å². The summed E-state index contributed by atoms with van der Waals surface area (Å²) >= 11 is 17.7. The summed E-state index contributed by atoms with van der Waals surface area (Å²) in [5, 5.41) is 3.47. The lowest BCUT2D eigenvalue weighted by Gasteiger charge is -2.12. The number of aryl methyl sites for hydroxylation is 1. The van der Waals surface area contributed by atoms with Gasteiger partial charge in [-0.25, -0.2) is 4.79 Å². The Morgan fingerprint density at radius 3 is 2.40 bits per heavy atom. The van der Waals surface area contributed by atoms with Crippen LogP contribution >= 0.6 is 34.8 Å². The average Bonchev–Trinajstić information content (AvgIpc) is 2.58. The fourth-order valence-corrected chi connectivity index (χ4v) is 2.54. The van der Waals surface area contributed by atoms with Crippen molar-refractivity contribution in [1.82, 2.24) is 0 Å². The number of rotatable bonds is 5. The highest BCUT2D eigenvalue weighted by Crippen LogP contribution is 2.33. The highest BCUT2D eigenvalue weighted by molar-refractivity contribution is 6.43. The van der Waals surface area contributed by atoms with E-state index in [9.17, 15) is 9.59 Å². The molecule has 132 valence electrons. The molecule has 0 heterocycles. The third kappa shape index (κ3) is 5.01. The molecule has 2 rings (SSSR count). The van der Waals surface area contributed by atoms with Gasteiger partial charge in [-0.3, -0.25) is 4.79 Å². The Morgan fingerprint density at radius 1 is 1.04 bits per heavy atom. The highest BCUT2D eigenvalue weighted by atomic mass is 35.5. The first kappa shape index (κ1) is 19.4. The maximum atomic E-state index is 12.1. The van der Waals surface area contributed by atoms with Crippen LogP contribution in [0.2, 0.25) is 15.1 Å². The molecule has 2 aromatic carbocycles. The predicted octanol–water partition coefficient (Wildman–Crippen LogP) is 4.76. The van der Waals surface area contributed by atoms with E-state index in [1.54, 1.807) is 19.1 Å². The number of carbonyl (C=O) groups excluding carboxylic acids is 2. The van der Waals surface area contributed by atoms with Crippen molar-refractivity contribution < 1.29 is 19.1 Å². The van der Waals surface area contributed by atoms with Crippen LogP contribution in [0.5, 0.6) is 5.75 Å². The maximum Gasteiger partial charge on any atom is 0.337 e. The molecule has 5 nitrogen and oxygen atoms in total. The molecule has 0 bridgehead atoms. The molecular weight excluding hydrogens is 389 g/mol. The Labute approximate surface area is 159 Å². The van der Waals surface area contributed by atoms with E-state index in [1.807, 2.05) is 0 Å². The lowest BCUT2D eigenvalue weighted by atomic mass is 10.1. The predicted molar refractivity (Wildman–Crippen MR) is 98.1 cm³/mol. The normalized spacial score (nSPS) is 10.3. The standard InChI is InChI=1S/C17H14Cl3NO4/c1-9-3-4-10(17(23)24-2)5-14(9)21-16(22)8-25-15-7-12(19)11(18)6-13(15)20/h3-7H,8H2,1-2H3,(H,21,22). The fraction of sp³-hybridized carbons (Fsp3) is 0.176. The molecule has 0 radical (unpaired) electrons. The first-order valence-electron chi connectivity index (χ1n) is 7.08. The topological polar surface area (TPSA) is 64.6 Å². The van der Waals surface area contributed by atoms with E-state index in [-0.39, 0.29) is 22.4 Å². The number of hydrogen-bond acceptors (Lipinski definition) is 4. The summed E-state index contributed by atoms with van der Waals surface area (Å²) in [7, 11) is 1.29. The van der Waals surface area contributed by atoms with Gasteiger partial charge in [0.05, 0.1) is 27.7 Å². The number of nitrogens with one attached hydrogen (secondary N) is 1. The van der Waals surface area contributed by atoms with Gasteiger partial charge in [-0.05, 0) is 30.7 Å². The summed E-state index contributed by atoms with van der Waals surface area (Å²) in [5.74, 6) is -0.673. The van der Waals surface area contributed by atoms with Crippen LogP contribution in [-0.4, -0.2) is 25.6 Å². The molecule has 0 spiro atoms. The number of hydrogen-bond donors (Lipinski definition) is 1. The van der Waals surface area contributed by atoms with E-state index >= 15 is 0 Å². The minimum atomic E-state index is -0.491. The SMILES string of the molecule is COC(=O)c1ccc(C)c(NC(=O)COc2cc(Cl)c(Cl)cc2Cl)c1. The van der Waals surface area contributed by atoms with E-state index in [1.165, 1.54) is 25.3 Å². The lowest BCUT2D eigenvalue weighted by Crippen LogP contribution is -2.21. The Hall–Kier alpha value is -1.95. The molecule has 25 heavy (non-hydrogen) atoms. The average molecular weight is 403 g/mol. The van der Waals surface area contributed by atoms with Gasteiger partial charge in [0.1, 0.15) is 5.75 Å². The van der Waals surface area contributed by atoms with Crippen LogP contribution in [0.15, 0.2) is 30.3 Å². The molecule has 8 heteroatoms. The number of methoxy groups -OCH3 is 1. The van der Waals surface area contributed by atoms with Crippen molar-refractivity contribution in [2.75, 3.05) is 19.0 Å². The number of carbonyl (C=O) groups is 2. The van der Waals surface area contributed by atoms with Gasteiger partial charge in [-0.2, -0.15) is 0 Å². The van der Waals surface area contributed by atoms with Gasteiger partial charge in [0.2, 0.25) is 0 Å². The molecule has 1 amide bonds. The van der Waals surface area contributed by atoms with E-state index in [4.69, 9.17) is 39.5 Å². The Kier molecular flexibility index (Phi) is 6.53. The fourth-order valence-electron chi connectivity index (χ4n) is 1.95. The second-order valence-corrected chi connectivity index (χ2v) is 6.28. The zero-order valence-electron chi connectivity index (χ0n) is 13.4. The number of esters is 1. The number of amides is 1. The molecule has 0 aliphatic heterocycles. The van der Waals surface area contributed by atoms with E-state index in [2.05, 4.69) is 10.1 Å². The molecule has 2 aromatic rings. The van der Waals surface area contributed by atoms with Crippen LogP contribution in [0.1, 0.15) is 15.9 Å². The van der Waals surface area contributed by atoms with Gasteiger partial charge in [-0.15, -0.1) is 0 Å². The summed E-state index contributed by atoms with van der Waals surface area (Å²) < 4.78 is 10.0. The van der Waals surface area contributed by atoms with Gasteiger partial charge in [0.15, 0.2) is 6.61 Å². The third-order valence-corrected chi connectivity index (χ3v) is 4.28. The first-order chi connectivity index (χ1) is 11.8. The third-order valence-electron chi connectivity index (χ3n) is 3.27. The van der Waals surface area contributed by atoms with Crippen molar-refractivity contribution in [1.29, 1.82) is 0 Å². The van der Waals surface area contributed by atoms with Crippen molar-refractivity contribution in [3.63, 3.8) is 0 Å². The van der Waals surface area contributed by atoms with Crippen LogP contribution in [-0.2, 0) is 9.53 Å². The zero-order chi connectivity index (χ0) is 18.6. The van der Waals surface area contributed by atoms with E-state index < -0.39 is 11.9 Å². The second-order valence-electron chi connectivity index (χ2n) is 5.05. The summed E-state index contributed by atoms with van der Waals surface area (Å²) in [6, 6.07) is 7.72. The van der Waals surface area contributed by atoms with E-state index in [0.717, 1.165) is 5.56 Å². The van der Waals surface area contributed by atoms with Crippen molar-refractivity contribution in [2.45, 2.75) is 6.92 Å². The van der Waals surface area contributed by atoms with Crippen LogP contribution in [0, 0.1) is 6.92 Å². The maximum absolute atomic E-state index is 12.1. The number of halogens is 3. The molecular formula is C17H14Cl3NO4. The van der Waals surface area contributed by atoms with Gasteiger partial charge < -0.3 is 14.8 Å². The molecule has 0 saturated heterocycles. The summed E-state index contributed by atoms with van der Waals surface area (Å²) in [5.41, 5.74) is 1.60. The van der Waals surface area contributed by atoms with E-state index in [0.29, 0.717) is 16.3 Å². The smallest absolute Gasteiger partial charge is 0.337 e. The summed E-state index contributed by atoms with van der Waals surface area (Å²) in [6.07, 6.45) is 0. The number of ether oxygens (including phenoxy) is 2. The van der Waals surface area contributed by atoms with Crippen molar-refractivity contribution >= 4 is 52.4 Å². The molecule has 0 unspecified atom stereocenters. The molecule has 0 saturated carbocycles. The van der Waals surface area contributed by atoms with Crippen molar-refractivity contribution in [2.24, 2.45) is 0 Å². The largest absolute Gasteiger partial charge is 0.482 e. The minimum Gasteiger partial charge on any atom is -0.482 e. The van der Waals surface area contributed by atoms with Crippen molar-refractivity contribution in [3.8, 4) is 5.75 Å². The van der Waals surface area contributed by atoms with Crippen LogP contribution < -0.4 is 10.1 Å². The molecule has 0 aliphatic rings. The highest BCUT2D eigenvalue weighted by Gasteiger charge is 2.12. The first-order valence-corrected chi connectivity index (χ1v) is 8.21.